The van der Waals surface area contributed by atoms with Crippen molar-refractivity contribution in [3.63, 3.8) is 0 Å². The summed E-state index contributed by atoms with van der Waals surface area (Å²) in [5, 5.41) is 0. The molecule has 0 aromatic rings. The maximum absolute atomic E-state index is 12.2. The minimum atomic E-state index is 0.278. The largest absolute Gasteiger partial charge is 0.339 e. The summed E-state index contributed by atoms with van der Waals surface area (Å²) in [6, 6.07) is 0.856. The van der Waals surface area contributed by atoms with Gasteiger partial charge in [0.15, 0.2) is 0 Å². The van der Waals surface area contributed by atoms with Crippen molar-refractivity contribution >= 4 is 5.91 Å². The molecule has 0 radical (unpaired) electrons. The van der Waals surface area contributed by atoms with Gasteiger partial charge < -0.3 is 10.6 Å². The maximum atomic E-state index is 12.2. The van der Waals surface area contributed by atoms with Crippen molar-refractivity contribution < 1.29 is 4.79 Å². The number of rotatable bonds is 1. The highest BCUT2D eigenvalue weighted by atomic mass is 16.2. The number of carbonyl (C=O) groups is 1. The molecule has 2 N–H and O–H groups in total. The first kappa shape index (κ1) is 9.64. The quantitative estimate of drug-likeness (QED) is 0.702. The molecule has 0 bridgehead atoms. The second kappa shape index (κ2) is 3.48. The topological polar surface area (TPSA) is 46.3 Å². The number of likely N-dealkylation sites (tertiary alicyclic amines) is 1. The van der Waals surface area contributed by atoms with Gasteiger partial charge in [-0.2, -0.15) is 0 Å². The molecular weight excluding hydrogens is 188 g/mol. The van der Waals surface area contributed by atoms with Gasteiger partial charge in [0.05, 0.1) is 0 Å². The standard InChI is InChI=1S/C12H20N2O/c13-9-5-8-7-14(10-3-1-2-4-10)12(15)11(8)6-9/h8-11H,1-7,13H2. The molecule has 3 aliphatic rings. The third-order valence-corrected chi connectivity index (χ3v) is 4.53. The third-order valence-electron chi connectivity index (χ3n) is 4.53. The van der Waals surface area contributed by atoms with Gasteiger partial charge in [-0.1, -0.05) is 12.8 Å². The fraction of sp³-hybridized carbons (Fsp3) is 0.917. The molecule has 1 heterocycles. The highest BCUT2D eigenvalue weighted by Gasteiger charge is 2.47. The van der Waals surface area contributed by atoms with Crippen molar-refractivity contribution in [2.24, 2.45) is 17.6 Å². The maximum Gasteiger partial charge on any atom is 0.226 e. The molecule has 3 fully saturated rings. The molecule has 84 valence electrons. The Morgan fingerprint density at radius 2 is 1.93 bits per heavy atom. The van der Waals surface area contributed by atoms with Crippen LogP contribution < -0.4 is 5.73 Å². The predicted molar refractivity (Wildman–Crippen MR) is 58.2 cm³/mol. The number of hydrogen-bond donors (Lipinski definition) is 1. The Hall–Kier alpha value is -0.570. The van der Waals surface area contributed by atoms with Crippen molar-refractivity contribution in [3.8, 4) is 0 Å². The normalized spacial score (nSPS) is 41.5. The Balaban J connectivity index is 1.72. The van der Waals surface area contributed by atoms with E-state index in [0.717, 1.165) is 19.4 Å². The van der Waals surface area contributed by atoms with Crippen molar-refractivity contribution in [3.05, 3.63) is 0 Å². The highest BCUT2D eigenvalue weighted by molar-refractivity contribution is 5.82. The second-order valence-electron chi connectivity index (χ2n) is 5.53. The molecule has 2 aliphatic carbocycles. The molecule has 3 unspecified atom stereocenters. The number of hydrogen-bond acceptors (Lipinski definition) is 2. The van der Waals surface area contributed by atoms with E-state index in [1.54, 1.807) is 0 Å². The van der Waals surface area contributed by atoms with Crippen LogP contribution in [0.2, 0.25) is 0 Å². The molecule has 2 saturated carbocycles. The summed E-state index contributed by atoms with van der Waals surface area (Å²) in [6.45, 7) is 1.00. The van der Waals surface area contributed by atoms with Gasteiger partial charge in [0.1, 0.15) is 0 Å². The van der Waals surface area contributed by atoms with Gasteiger partial charge in [-0.25, -0.2) is 0 Å². The van der Waals surface area contributed by atoms with E-state index in [1.165, 1.54) is 25.7 Å². The monoisotopic (exact) mass is 208 g/mol. The average Bonchev–Trinajstić information content (AvgIpc) is 2.84. The molecule has 0 aromatic carbocycles. The zero-order valence-electron chi connectivity index (χ0n) is 9.19. The van der Waals surface area contributed by atoms with Gasteiger partial charge >= 0.3 is 0 Å². The summed E-state index contributed by atoms with van der Waals surface area (Å²) < 4.78 is 0. The highest BCUT2D eigenvalue weighted by Crippen LogP contribution is 2.41. The molecule has 0 aromatic heterocycles. The Kier molecular flexibility index (Phi) is 2.23. The molecule has 15 heavy (non-hydrogen) atoms. The SMILES string of the molecule is NC1CC2CN(C3CCCC3)C(=O)C2C1. The van der Waals surface area contributed by atoms with Crippen LogP contribution in [0.25, 0.3) is 0 Å². The summed E-state index contributed by atoms with van der Waals surface area (Å²) in [5.74, 6) is 1.27. The first-order valence-electron chi connectivity index (χ1n) is 6.32. The molecular formula is C12H20N2O. The number of carbonyl (C=O) groups excluding carboxylic acids is 1. The Bertz CT molecular complexity index is 273. The van der Waals surface area contributed by atoms with Crippen LogP contribution in [-0.4, -0.2) is 29.4 Å². The molecule has 1 amide bonds. The Morgan fingerprint density at radius 1 is 1.20 bits per heavy atom. The Morgan fingerprint density at radius 3 is 2.60 bits per heavy atom. The van der Waals surface area contributed by atoms with Gasteiger partial charge in [-0.05, 0) is 31.6 Å². The van der Waals surface area contributed by atoms with E-state index in [-0.39, 0.29) is 12.0 Å². The average molecular weight is 208 g/mol. The first-order chi connectivity index (χ1) is 7.25. The summed E-state index contributed by atoms with van der Waals surface area (Å²) in [4.78, 5) is 14.4. The van der Waals surface area contributed by atoms with Gasteiger partial charge in [-0.3, -0.25) is 4.79 Å². The zero-order valence-corrected chi connectivity index (χ0v) is 9.19. The summed E-state index contributed by atoms with van der Waals surface area (Å²) in [6.07, 6.45) is 7.09. The van der Waals surface area contributed by atoms with E-state index in [9.17, 15) is 4.79 Å². The van der Waals surface area contributed by atoms with Crippen LogP contribution in [0, 0.1) is 11.8 Å². The molecule has 3 rings (SSSR count). The molecule has 3 nitrogen and oxygen atoms in total. The molecule has 1 saturated heterocycles. The van der Waals surface area contributed by atoms with Crippen LogP contribution in [0.3, 0.4) is 0 Å². The number of amides is 1. The lowest BCUT2D eigenvalue weighted by Crippen LogP contribution is -2.37. The first-order valence-corrected chi connectivity index (χ1v) is 6.32. The summed E-state index contributed by atoms with van der Waals surface area (Å²) in [7, 11) is 0. The smallest absolute Gasteiger partial charge is 0.226 e. The second-order valence-corrected chi connectivity index (χ2v) is 5.53. The van der Waals surface area contributed by atoms with E-state index in [4.69, 9.17) is 5.73 Å². The lowest BCUT2D eigenvalue weighted by atomic mass is 10.0. The van der Waals surface area contributed by atoms with E-state index in [1.807, 2.05) is 0 Å². The zero-order chi connectivity index (χ0) is 10.4. The van der Waals surface area contributed by atoms with Crippen LogP contribution in [0.5, 0.6) is 0 Å². The number of fused-ring (bicyclic) bond motifs is 1. The van der Waals surface area contributed by atoms with Gasteiger partial charge in [0.2, 0.25) is 5.91 Å². The minimum Gasteiger partial charge on any atom is -0.339 e. The fourth-order valence-electron chi connectivity index (χ4n) is 3.77. The van der Waals surface area contributed by atoms with Crippen LogP contribution in [0.4, 0.5) is 0 Å². The van der Waals surface area contributed by atoms with E-state index >= 15 is 0 Å². The van der Waals surface area contributed by atoms with Crippen LogP contribution in [-0.2, 0) is 4.79 Å². The van der Waals surface area contributed by atoms with Gasteiger partial charge in [0, 0.05) is 24.5 Å². The van der Waals surface area contributed by atoms with E-state index in [2.05, 4.69) is 4.90 Å². The predicted octanol–water partition coefficient (Wildman–Crippen LogP) is 1.12. The van der Waals surface area contributed by atoms with Crippen LogP contribution >= 0.6 is 0 Å². The van der Waals surface area contributed by atoms with Crippen molar-refractivity contribution in [2.75, 3.05) is 6.54 Å². The number of nitrogens with two attached hydrogens (primary N) is 1. The van der Waals surface area contributed by atoms with Crippen LogP contribution in [0.15, 0.2) is 0 Å². The molecule has 3 atom stereocenters. The van der Waals surface area contributed by atoms with Gasteiger partial charge in [0.25, 0.3) is 0 Å². The minimum absolute atomic E-state index is 0.278. The fourth-order valence-corrected chi connectivity index (χ4v) is 3.77. The third kappa shape index (κ3) is 1.48. The molecule has 3 heteroatoms. The molecule has 0 spiro atoms. The Labute approximate surface area is 91.0 Å². The van der Waals surface area contributed by atoms with E-state index in [0.29, 0.717) is 17.9 Å². The van der Waals surface area contributed by atoms with Crippen molar-refractivity contribution in [2.45, 2.75) is 50.6 Å². The summed E-state index contributed by atoms with van der Waals surface area (Å²) >= 11 is 0. The van der Waals surface area contributed by atoms with Crippen molar-refractivity contribution in [1.29, 1.82) is 0 Å². The van der Waals surface area contributed by atoms with Crippen molar-refractivity contribution in [1.82, 2.24) is 4.90 Å². The van der Waals surface area contributed by atoms with Crippen LogP contribution in [0.1, 0.15) is 38.5 Å². The lowest BCUT2D eigenvalue weighted by molar-refractivity contribution is -0.132. The lowest BCUT2D eigenvalue weighted by Gasteiger charge is -2.25. The summed E-state index contributed by atoms with van der Waals surface area (Å²) in [5.41, 5.74) is 5.92. The van der Waals surface area contributed by atoms with Gasteiger partial charge in [-0.15, -0.1) is 0 Å². The van der Waals surface area contributed by atoms with E-state index < -0.39 is 0 Å². The number of nitrogens with zero attached hydrogens (tertiary/aromatic N) is 1. The molecule has 1 aliphatic heterocycles.